The van der Waals surface area contributed by atoms with Crippen LogP contribution in [0.1, 0.15) is 6.92 Å². The molecule has 0 aliphatic heterocycles. The molecule has 1 unspecified atom stereocenters. The van der Waals surface area contributed by atoms with Gasteiger partial charge in [0.15, 0.2) is 4.34 Å². The van der Waals surface area contributed by atoms with E-state index in [2.05, 4.69) is 4.98 Å². The summed E-state index contributed by atoms with van der Waals surface area (Å²) in [5, 5.41) is 0.733. The van der Waals surface area contributed by atoms with E-state index in [0.29, 0.717) is 0 Å². The lowest BCUT2D eigenvalue weighted by molar-refractivity contribution is 0.847. The number of hydrogen-bond acceptors (Lipinski definition) is 4. The zero-order chi connectivity index (χ0) is 10.8. The van der Waals surface area contributed by atoms with Crippen LogP contribution in [0, 0.1) is 0 Å². The Bertz CT molecular complexity index is 471. The Labute approximate surface area is 114 Å². The van der Waals surface area contributed by atoms with Gasteiger partial charge < -0.3 is 5.73 Å². The molecule has 0 saturated heterocycles. The molecule has 0 spiro atoms. The number of thioether (sulfide) groups is 1. The molecule has 88 valence electrons. The second-order valence-corrected chi connectivity index (χ2v) is 6.11. The topological polar surface area (TPSA) is 38.9 Å². The Morgan fingerprint density at radius 3 is 3.00 bits per heavy atom. The summed E-state index contributed by atoms with van der Waals surface area (Å²) in [6.45, 7) is 2.00. The number of fused-ring (bicyclic) bond motifs is 1. The predicted molar refractivity (Wildman–Crippen MR) is 76.3 cm³/mol. The highest BCUT2D eigenvalue weighted by Crippen LogP contribution is 2.30. The van der Waals surface area contributed by atoms with E-state index in [4.69, 9.17) is 17.3 Å². The zero-order valence-corrected chi connectivity index (χ0v) is 11.8. The number of thiazole rings is 1. The van der Waals surface area contributed by atoms with Gasteiger partial charge in [-0.05, 0) is 25.1 Å². The molecule has 2 nitrogen and oxygen atoms in total. The minimum Gasteiger partial charge on any atom is -0.327 e. The minimum absolute atomic E-state index is 0. The molecule has 2 aromatic rings. The Kier molecular flexibility index (Phi) is 5.34. The molecule has 6 heteroatoms. The molecule has 0 aliphatic carbocycles. The van der Waals surface area contributed by atoms with E-state index >= 15 is 0 Å². The van der Waals surface area contributed by atoms with Gasteiger partial charge >= 0.3 is 0 Å². The monoisotopic (exact) mass is 294 g/mol. The number of hydrogen-bond donors (Lipinski definition) is 1. The Morgan fingerprint density at radius 1 is 1.56 bits per heavy atom. The van der Waals surface area contributed by atoms with Crippen molar-refractivity contribution in [2.24, 2.45) is 5.73 Å². The van der Waals surface area contributed by atoms with Gasteiger partial charge in [-0.25, -0.2) is 4.98 Å². The molecule has 0 radical (unpaired) electrons. The molecule has 0 saturated carbocycles. The third-order valence-corrected chi connectivity index (χ3v) is 4.50. The van der Waals surface area contributed by atoms with Crippen LogP contribution in [0.15, 0.2) is 22.5 Å². The van der Waals surface area contributed by atoms with Crippen LogP contribution < -0.4 is 5.73 Å². The highest BCUT2D eigenvalue weighted by Gasteiger charge is 2.05. The minimum atomic E-state index is 0. The van der Waals surface area contributed by atoms with E-state index in [1.807, 2.05) is 25.1 Å². The van der Waals surface area contributed by atoms with Crippen molar-refractivity contribution in [3.8, 4) is 0 Å². The van der Waals surface area contributed by atoms with Crippen LogP contribution in [-0.4, -0.2) is 16.8 Å². The van der Waals surface area contributed by atoms with E-state index in [9.17, 15) is 0 Å². The SMILES string of the molecule is CC(N)CSc1nc2cc(Cl)ccc2s1.Cl. The third-order valence-electron chi connectivity index (χ3n) is 1.80. The fourth-order valence-electron chi connectivity index (χ4n) is 1.14. The van der Waals surface area contributed by atoms with E-state index in [0.717, 1.165) is 20.6 Å². The molecule has 1 heterocycles. The molecule has 1 aromatic carbocycles. The van der Waals surface area contributed by atoms with Crippen molar-refractivity contribution in [1.82, 2.24) is 4.98 Å². The van der Waals surface area contributed by atoms with Crippen molar-refractivity contribution in [3.05, 3.63) is 23.2 Å². The smallest absolute Gasteiger partial charge is 0.151 e. The first-order valence-corrected chi connectivity index (χ1v) is 6.77. The third kappa shape index (κ3) is 3.50. The van der Waals surface area contributed by atoms with Gasteiger partial charge in [-0.1, -0.05) is 23.4 Å². The van der Waals surface area contributed by atoms with Gasteiger partial charge in [-0.15, -0.1) is 23.7 Å². The van der Waals surface area contributed by atoms with Gasteiger partial charge in [0.05, 0.1) is 10.2 Å². The Balaban J connectivity index is 0.00000128. The van der Waals surface area contributed by atoms with Gasteiger partial charge in [0.2, 0.25) is 0 Å². The van der Waals surface area contributed by atoms with E-state index in [1.165, 1.54) is 4.70 Å². The Morgan fingerprint density at radius 2 is 2.31 bits per heavy atom. The molecular weight excluding hydrogens is 283 g/mol. The first-order valence-electron chi connectivity index (χ1n) is 4.59. The summed E-state index contributed by atoms with van der Waals surface area (Å²) in [6.07, 6.45) is 0. The first-order chi connectivity index (χ1) is 7.15. The predicted octanol–water partition coefficient (Wildman–Crippen LogP) is 3.81. The molecule has 1 atom stereocenters. The number of rotatable bonds is 3. The van der Waals surface area contributed by atoms with Crippen LogP contribution in [0.4, 0.5) is 0 Å². The summed E-state index contributed by atoms with van der Waals surface area (Å²) < 4.78 is 2.23. The summed E-state index contributed by atoms with van der Waals surface area (Å²) in [6, 6.07) is 5.99. The molecule has 2 N–H and O–H groups in total. The maximum absolute atomic E-state index is 5.89. The van der Waals surface area contributed by atoms with Crippen LogP contribution in [0.2, 0.25) is 5.02 Å². The summed E-state index contributed by atoms with van der Waals surface area (Å²) in [7, 11) is 0. The lowest BCUT2D eigenvalue weighted by Gasteiger charge is -1.99. The average molecular weight is 295 g/mol. The summed E-state index contributed by atoms with van der Waals surface area (Å²) in [5.74, 6) is 0.896. The molecule has 1 aromatic heterocycles. The van der Waals surface area contributed by atoms with E-state index < -0.39 is 0 Å². The molecule has 0 amide bonds. The number of benzene rings is 1. The van der Waals surface area contributed by atoms with Gasteiger partial charge in [0.1, 0.15) is 0 Å². The van der Waals surface area contributed by atoms with E-state index in [-0.39, 0.29) is 18.4 Å². The highest BCUT2D eigenvalue weighted by molar-refractivity contribution is 8.01. The van der Waals surface area contributed by atoms with E-state index in [1.54, 1.807) is 23.1 Å². The first kappa shape index (κ1) is 14.1. The van der Waals surface area contributed by atoms with Crippen LogP contribution in [-0.2, 0) is 0 Å². The molecular formula is C10H12Cl2N2S2. The molecule has 0 bridgehead atoms. The van der Waals surface area contributed by atoms with Gasteiger partial charge in [0.25, 0.3) is 0 Å². The molecule has 0 fully saturated rings. The summed E-state index contributed by atoms with van der Waals surface area (Å²) in [4.78, 5) is 4.49. The average Bonchev–Trinajstić information content (AvgIpc) is 2.56. The Hall–Kier alpha value is -0.0000000000000000555. The van der Waals surface area contributed by atoms with Gasteiger partial charge in [-0.3, -0.25) is 0 Å². The lowest BCUT2D eigenvalue weighted by Crippen LogP contribution is -2.17. The van der Waals surface area contributed by atoms with Crippen LogP contribution >= 0.6 is 47.1 Å². The fraction of sp³-hybridized carbons (Fsp3) is 0.300. The second kappa shape index (κ2) is 6.07. The van der Waals surface area contributed by atoms with Crippen LogP contribution in [0.25, 0.3) is 10.2 Å². The zero-order valence-electron chi connectivity index (χ0n) is 8.64. The number of halogens is 2. The maximum atomic E-state index is 5.89. The largest absolute Gasteiger partial charge is 0.327 e. The van der Waals surface area contributed by atoms with Crippen molar-refractivity contribution in [2.75, 3.05) is 5.75 Å². The van der Waals surface area contributed by atoms with Crippen molar-refractivity contribution < 1.29 is 0 Å². The summed E-state index contributed by atoms with van der Waals surface area (Å²) in [5.41, 5.74) is 6.67. The quantitative estimate of drug-likeness (QED) is 0.875. The number of nitrogens with two attached hydrogens (primary N) is 1. The standard InChI is InChI=1S/C10H11ClN2S2.ClH/c1-6(12)5-14-10-13-8-4-7(11)2-3-9(8)15-10;/h2-4,6H,5,12H2,1H3;1H. The number of aromatic nitrogens is 1. The van der Waals surface area contributed by atoms with Gasteiger partial charge in [0, 0.05) is 16.8 Å². The van der Waals surface area contributed by atoms with Crippen molar-refractivity contribution in [1.29, 1.82) is 0 Å². The molecule has 0 aliphatic rings. The highest BCUT2D eigenvalue weighted by atomic mass is 35.5. The van der Waals surface area contributed by atoms with Crippen LogP contribution in [0.3, 0.4) is 0 Å². The van der Waals surface area contributed by atoms with Crippen molar-refractivity contribution in [2.45, 2.75) is 17.3 Å². The molecule has 16 heavy (non-hydrogen) atoms. The van der Waals surface area contributed by atoms with Gasteiger partial charge in [-0.2, -0.15) is 0 Å². The summed E-state index contributed by atoms with van der Waals surface area (Å²) >= 11 is 9.28. The van der Waals surface area contributed by atoms with Crippen molar-refractivity contribution >= 4 is 57.3 Å². The van der Waals surface area contributed by atoms with Crippen LogP contribution in [0.5, 0.6) is 0 Å². The number of nitrogens with zero attached hydrogens (tertiary/aromatic N) is 1. The molecule has 2 rings (SSSR count). The maximum Gasteiger partial charge on any atom is 0.151 e. The lowest BCUT2D eigenvalue weighted by atomic mass is 10.3. The normalized spacial score (nSPS) is 12.4. The fourth-order valence-corrected chi connectivity index (χ4v) is 3.27. The van der Waals surface area contributed by atoms with Crippen molar-refractivity contribution in [3.63, 3.8) is 0 Å². The second-order valence-electron chi connectivity index (χ2n) is 3.38.